The largest absolute Gasteiger partial charge is 0.326 e. The number of amides is 1. The number of thioether (sulfide) groups is 1. The average Bonchev–Trinajstić information content (AvgIpc) is 3.08. The Morgan fingerprint density at radius 3 is 2.70 bits per heavy atom. The molecule has 138 valence electrons. The fraction of sp³-hybridized carbons (Fsp3) is 0.118. The predicted molar refractivity (Wildman–Crippen MR) is 94.9 cm³/mol. The highest BCUT2D eigenvalue weighted by atomic mass is 32.2. The first kappa shape index (κ1) is 18.6. The number of Topliss-reactive ketones (excluding diaryl/α,β-unsaturated/α-hetero) is 1. The summed E-state index contributed by atoms with van der Waals surface area (Å²) in [6.07, 6.45) is 0. The molecule has 0 spiro atoms. The van der Waals surface area contributed by atoms with Gasteiger partial charge < -0.3 is 5.32 Å². The van der Waals surface area contributed by atoms with E-state index in [1.807, 2.05) is 0 Å². The van der Waals surface area contributed by atoms with E-state index < -0.39 is 17.4 Å². The number of carbonyl (C=O) groups is 2. The van der Waals surface area contributed by atoms with Crippen LogP contribution >= 0.6 is 11.8 Å². The predicted octanol–water partition coefficient (Wildman–Crippen LogP) is 2.87. The number of hydrogen-bond acceptors (Lipinski definition) is 6. The number of hydrogen-bond donors (Lipinski definition) is 1. The van der Waals surface area contributed by atoms with Crippen molar-refractivity contribution < 1.29 is 18.4 Å². The molecule has 1 N–H and O–H groups in total. The number of aromatic nitrogens is 4. The molecule has 1 amide bonds. The Bertz CT molecular complexity index is 1010. The second kappa shape index (κ2) is 8.04. The number of nitrogens with zero attached hydrogens (tertiary/aromatic N) is 4. The van der Waals surface area contributed by atoms with Gasteiger partial charge in [0.15, 0.2) is 5.78 Å². The molecule has 3 aromatic rings. The van der Waals surface area contributed by atoms with Gasteiger partial charge in [0.05, 0.1) is 17.0 Å². The summed E-state index contributed by atoms with van der Waals surface area (Å²) in [4.78, 5) is 23.3. The zero-order valence-electron chi connectivity index (χ0n) is 14.0. The smallest absolute Gasteiger partial charge is 0.221 e. The van der Waals surface area contributed by atoms with E-state index in [1.54, 1.807) is 6.07 Å². The number of rotatable bonds is 6. The van der Waals surface area contributed by atoms with E-state index in [0.717, 1.165) is 17.8 Å². The van der Waals surface area contributed by atoms with Crippen molar-refractivity contribution >= 4 is 29.1 Å². The van der Waals surface area contributed by atoms with Gasteiger partial charge >= 0.3 is 0 Å². The van der Waals surface area contributed by atoms with Crippen molar-refractivity contribution in [3.63, 3.8) is 0 Å². The molecule has 10 heteroatoms. The molecular weight excluding hydrogens is 376 g/mol. The first-order valence-corrected chi connectivity index (χ1v) is 8.70. The van der Waals surface area contributed by atoms with Crippen LogP contribution in [-0.2, 0) is 4.79 Å². The fourth-order valence-electron chi connectivity index (χ4n) is 2.27. The number of ketones is 1. The Morgan fingerprint density at radius 2 is 2.00 bits per heavy atom. The van der Waals surface area contributed by atoms with Crippen molar-refractivity contribution in [1.29, 1.82) is 0 Å². The topological polar surface area (TPSA) is 89.8 Å². The third-order valence-electron chi connectivity index (χ3n) is 3.42. The lowest BCUT2D eigenvalue weighted by atomic mass is 10.1. The summed E-state index contributed by atoms with van der Waals surface area (Å²) in [5.41, 5.74) is 0.557. The lowest BCUT2D eigenvalue weighted by Gasteiger charge is -2.07. The number of nitrogens with one attached hydrogen (secondary N) is 1. The van der Waals surface area contributed by atoms with E-state index in [4.69, 9.17) is 0 Å². The van der Waals surface area contributed by atoms with Crippen LogP contribution in [0.5, 0.6) is 0 Å². The van der Waals surface area contributed by atoms with Gasteiger partial charge in [0, 0.05) is 12.6 Å². The average molecular weight is 389 g/mol. The van der Waals surface area contributed by atoms with Crippen molar-refractivity contribution in [2.24, 2.45) is 0 Å². The van der Waals surface area contributed by atoms with E-state index in [2.05, 4.69) is 20.8 Å². The maximum Gasteiger partial charge on any atom is 0.221 e. The normalized spacial score (nSPS) is 10.6. The summed E-state index contributed by atoms with van der Waals surface area (Å²) in [5.74, 6) is -2.12. The molecule has 2 aromatic carbocycles. The first-order valence-electron chi connectivity index (χ1n) is 7.71. The summed E-state index contributed by atoms with van der Waals surface area (Å²) < 4.78 is 28.8. The van der Waals surface area contributed by atoms with Gasteiger partial charge in [0.2, 0.25) is 11.1 Å². The summed E-state index contributed by atoms with van der Waals surface area (Å²) in [6.45, 7) is 1.30. The first-order chi connectivity index (χ1) is 12.9. The fourth-order valence-corrected chi connectivity index (χ4v) is 3.04. The minimum Gasteiger partial charge on any atom is -0.326 e. The second-order valence-electron chi connectivity index (χ2n) is 5.44. The molecule has 1 aromatic heterocycles. The van der Waals surface area contributed by atoms with Gasteiger partial charge in [0.25, 0.3) is 0 Å². The lowest BCUT2D eigenvalue weighted by molar-refractivity contribution is -0.114. The van der Waals surface area contributed by atoms with Gasteiger partial charge in [0.1, 0.15) is 11.6 Å². The van der Waals surface area contributed by atoms with Crippen LogP contribution in [0.2, 0.25) is 0 Å². The molecule has 3 rings (SSSR count). The van der Waals surface area contributed by atoms with Crippen LogP contribution in [0.25, 0.3) is 5.69 Å². The van der Waals surface area contributed by atoms with Crippen LogP contribution in [0, 0.1) is 11.6 Å². The molecule has 1 heterocycles. The van der Waals surface area contributed by atoms with E-state index in [0.29, 0.717) is 5.69 Å². The van der Waals surface area contributed by atoms with E-state index >= 15 is 0 Å². The SMILES string of the molecule is CC(=O)Nc1ccc(C(=O)CSc2nnnn2-c2cccc(F)c2)c(F)c1. The second-order valence-corrected chi connectivity index (χ2v) is 6.38. The molecule has 27 heavy (non-hydrogen) atoms. The monoisotopic (exact) mass is 389 g/mol. The molecule has 0 saturated carbocycles. The van der Waals surface area contributed by atoms with Gasteiger partial charge in [-0.3, -0.25) is 9.59 Å². The summed E-state index contributed by atoms with van der Waals surface area (Å²) in [5, 5.41) is 13.8. The molecule has 0 saturated heterocycles. The number of anilines is 1. The Balaban J connectivity index is 1.72. The summed E-state index contributed by atoms with van der Waals surface area (Å²) >= 11 is 0.999. The molecule has 0 aliphatic carbocycles. The highest BCUT2D eigenvalue weighted by Crippen LogP contribution is 2.22. The van der Waals surface area contributed by atoms with Gasteiger partial charge in [-0.1, -0.05) is 17.8 Å². The standard InChI is InChI=1S/C17H13F2N5O2S/c1-10(25)20-12-5-6-14(15(19)8-12)16(26)9-27-17-21-22-23-24(17)13-4-2-3-11(18)7-13/h2-8H,9H2,1H3,(H,20,25). The van der Waals surface area contributed by atoms with Crippen molar-refractivity contribution in [1.82, 2.24) is 20.2 Å². The van der Waals surface area contributed by atoms with Gasteiger partial charge in [-0.25, -0.2) is 8.78 Å². The maximum atomic E-state index is 14.1. The van der Waals surface area contributed by atoms with Crippen LogP contribution in [0.4, 0.5) is 14.5 Å². The molecule has 7 nitrogen and oxygen atoms in total. The summed E-state index contributed by atoms with van der Waals surface area (Å²) in [6, 6.07) is 9.50. The number of tetrazole rings is 1. The Hall–Kier alpha value is -3.14. The minimum absolute atomic E-state index is 0.110. The van der Waals surface area contributed by atoms with E-state index in [-0.39, 0.29) is 28.1 Å². The molecule has 0 aliphatic heterocycles. The highest BCUT2D eigenvalue weighted by molar-refractivity contribution is 7.99. The van der Waals surface area contributed by atoms with E-state index in [1.165, 1.54) is 41.9 Å². The van der Waals surface area contributed by atoms with Crippen LogP contribution < -0.4 is 5.32 Å². The maximum absolute atomic E-state index is 14.1. The summed E-state index contributed by atoms with van der Waals surface area (Å²) in [7, 11) is 0. The molecule has 0 atom stereocenters. The Morgan fingerprint density at radius 1 is 1.19 bits per heavy atom. The lowest BCUT2D eigenvalue weighted by Crippen LogP contribution is -2.09. The van der Waals surface area contributed by atoms with Gasteiger partial charge in [-0.15, -0.1) is 5.10 Å². The van der Waals surface area contributed by atoms with Crippen LogP contribution in [0.1, 0.15) is 17.3 Å². The number of halogens is 2. The Labute approximate surface area is 156 Å². The number of benzene rings is 2. The zero-order valence-corrected chi connectivity index (χ0v) is 14.8. The molecule has 0 unspecified atom stereocenters. The molecule has 0 radical (unpaired) electrons. The third-order valence-corrected chi connectivity index (χ3v) is 4.34. The van der Waals surface area contributed by atoms with Crippen molar-refractivity contribution in [2.45, 2.75) is 12.1 Å². The van der Waals surface area contributed by atoms with Crippen molar-refractivity contribution in [3.05, 3.63) is 59.7 Å². The molecule has 0 bridgehead atoms. The van der Waals surface area contributed by atoms with Crippen molar-refractivity contribution in [3.8, 4) is 5.69 Å². The minimum atomic E-state index is -0.739. The van der Waals surface area contributed by atoms with Crippen molar-refractivity contribution in [2.75, 3.05) is 11.1 Å². The van der Waals surface area contributed by atoms with E-state index in [9.17, 15) is 18.4 Å². The third kappa shape index (κ3) is 4.53. The van der Waals surface area contributed by atoms with Crippen LogP contribution in [-0.4, -0.2) is 37.7 Å². The highest BCUT2D eigenvalue weighted by Gasteiger charge is 2.16. The molecular formula is C17H13F2N5O2S. The van der Waals surface area contributed by atoms with Crippen LogP contribution in [0.3, 0.4) is 0 Å². The van der Waals surface area contributed by atoms with Gasteiger partial charge in [-0.05, 0) is 46.8 Å². The quantitative estimate of drug-likeness (QED) is 0.515. The molecule has 0 fully saturated rings. The Kier molecular flexibility index (Phi) is 5.55. The molecule has 0 aliphatic rings. The number of carbonyl (C=O) groups excluding carboxylic acids is 2. The van der Waals surface area contributed by atoms with Gasteiger partial charge in [-0.2, -0.15) is 4.68 Å². The zero-order chi connectivity index (χ0) is 19.4. The van der Waals surface area contributed by atoms with Crippen LogP contribution in [0.15, 0.2) is 47.6 Å².